The van der Waals surface area contributed by atoms with Gasteiger partial charge < -0.3 is 15.5 Å². The summed E-state index contributed by atoms with van der Waals surface area (Å²) in [4.78, 5) is 36.6. The predicted molar refractivity (Wildman–Crippen MR) is 96.8 cm³/mol. The summed E-state index contributed by atoms with van der Waals surface area (Å²) in [5.74, 6) is 0.330. The van der Waals surface area contributed by atoms with Gasteiger partial charge in [-0.3, -0.25) is 24.4 Å². The first kappa shape index (κ1) is 19.3. The number of nitro groups is 1. The number of carbonyl (C=O) groups excluding carboxylic acids is 2. The van der Waals surface area contributed by atoms with Crippen LogP contribution in [0.15, 0.2) is 12.4 Å². The molecule has 2 amide bonds. The number of piperidine rings is 1. The van der Waals surface area contributed by atoms with Crippen LogP contribution in [0.3, 0.4) is 0 Å². The van der Waals surface area contributed by atoms with Crippen LogP contribution in [0.4, 0.5) is 5.69 Å². The third kappa shape index (κ3) is 5.25. The van der Waals surface area contributed by atoms with Crippen LogP contribution in [0, 0.1) is 16.0 Å². The lowest BCUT2D eigenvalue weighted by Gasteiger charge is -2.33. The quantitative estimate of drug-likeness (QED) is 0.519. The van der Waals surface area contributed by atoms with Crippen LogP contribution in [0.5, 0.6) is 0 Å². The molecule has 1 aromatic rings. The molecule has 10 heteroatoms. The van der Waals surface area contributed by atoms with Gasteiger partial charge in [0.15, 0.2) is 0 Å². The first-order valence-electron chi connectivity index (χ1n) is 9.48. The lowest BCUT2D eigenvalue weighted by atomic mass is 9.97. The summed E-state index contributed by atoms with van der Waals surface area (Å²) in [5, 5.41) is 20.8. The Morgan fingerprint density at radius 1 is 1.37 bits per heavy atom. The molecule has 3 rings (SSSR count). The van der Waals surface area contributed by atoms with Crippen molar-refractivity contribution in [3.05, 3.63) is 22.5 Å². The second-order valence-corrected chi connectivity index (χ2v) is 7.21. The third-order valence-corrected chi connectivity index (χ3v) is 5.20. The van der Waals surface area contributed by atoms with Crippen LogP contribution in [0.25, 0.3) is 0 Å². The number of nitrogens with zero attached hydrogens (tertiary/aromatic N) is 4. The molecule has 2 N–H and O–H groups in total. The summed E-state index contributed by atoms with van der Waals surface area (Å²) in [6, 6.07) is -0.0792. The maximum Gasteiger partial charge on any atom is 0.306 e. The van der Waals surface area contributed by atoms with E-state index in [0.29, 0.717) is 26.2 Å². The fraction of sp³-hybridized carbons (Fsp3) is 0.706. The second-order valence-electron chi connectivity index (χ2n) is 7.21. The lowest BCUT2D eigenvalue weighted by Crippen LogP contribution is -2.46. The Bertz CT molecular complexity index is 685. The summed E-state index contributed by atoms with van der Waals surface area (Å²) >= 11 is 0. The molecule has 2 atom stereocenters. The molecule has 0 bridgehead atoms. The van der Waals surface area contributed by atoms with Gasteiger partial charge in [0.05, 0.1) is 11.0 Å². The van der Waals surface area contributed by atoms with E-state index in [1.807, 2.05) is 4.90 Å². The van der Waals surface area contributed by atoms with Gasteiger partial charge >= 0.3 is 5.69 Å². The largest absolute Gasteiger partial charge is 0.354 e. The maximum atomic E-state index is 12.5. The third-order valence-electron chi connectivity index (χ3n) is 5.20. The summed E-state index contributed by atoms with van der Waals surface area (Å²) in [5.41, 5.74) is -0.0759. The molecule has 0 radical (unpaired) electrons. The topological polar surface area (TPSA) is 122 Å². The van der Waals surface area contributed by atoms with Crippen LogP contribution in [-0.2, 0) is 16.1 Å². The number of carbonyl (C=O) groups is 2. The molecule has 2 aliphatic heterocycles. The zero-order chi connectivity index (χ0) is 19.2. The monoisotopic (exact) mass is 378 g/mol. The highest BCUT2D eigenvalue weighted by Gasteiger charge is 2.26. The van der Waals surface area contributed by atoms with Gasteiger partial charge in [0.2, 0.25) is 11.8 Å². The minimum atomic E-state index is -0.504. The van der Waals surface area contributed by atoms with Crippen molar-refractivity contribution in [2.24, 2.45) is 5.92 Å². The lowest BCUT2D eigenvalue weighted by molar-refractivity contribution is -0.385. The smallest absolute Gasteiger partial charge is 0.306 e. The number of nitrogens with one attached hydrogen (secondary N) is 2. The van der Waals surface area contributed by atoms with E-state index in [1.165, 1.54) is 17.1 Å². The fourth-order valence-corrected chi connectivity index (χ4v) is 3.67. The molecule has 0 saturated carbocycles. The molecule has 0 spiro atoms. The first-order chi connectivity index (χ1) is 13.0. The second kappa shape index (κ2) is 8.94. The van der Waals surface area contributed by atoms with Crippen LogP contribution < -0.4 is 10.6 Å². The van der Waals surface area contributed by atoms with Crippen molar-refractivity contribution in [3.63, 3.8) is 0 Å². The SMILES string of the molecule is O=C(NCC1CCCN(C(=O)CCn2cc([N+](=O)[O-])cn2)C1)C1CCCN1. The Kier molecular flexibility index (Phi) is 6.38. The zero-order valence-electron chi connectivity index (χ0n) is 15.3. The molecule has 3 heterocycles. The van der Waals surface area contributed by atoms with Gasteiger partial charge in [0, 0.05) is 32.6 Å². The predicted octanol–water partition coefficient (Wildman–Crippen LogP) is 0.288. The highest BCUT2D eigenvalue weighted by molar-refractivity contribution is 5.82. The molecule has 10 nitrogen and oxygen atoms in total. The van der Waals surface area contributed by atoms with Crippen LogP contribution in [-0.4, -0.2) is 63.6 Å². The average Bonchev–Trinajstić information content (AvgIpc) is 3.36. The molecule has 27 heavy (non-hydrogen) atoms. The minimum Gasteiger partial charge on any atom is -0.354 e. The number of rotatable bonds is 7. The van der Waals surface area contributed by atoms with Crippen LogP contribution in [0.2, 0.25) is 0 Å². The van der Waals surface area contributed by atoms with Gasteiger partial charge in [-0.05, 0) is 38.1 Å². The molecule has 0 aromatic carbocycles. The number of likely N-dealkylation sites (tertiary alicyclic amines) is 1. The van der Waals surface area contributed by atoms with Crippen molar-refractivity contribution >= 4 is 17.5 Å². The van der Waals surface area contributed by atoms with Gasteiger partial charge in [0.25, 0.3) is 0 Å². The normalized spacial score (nSPS) is 22.6. The van der Waals surface area contributed by atoms with E-state index in [4.69, 9.17) is 0 Å². The molecular formula is C17H26N6O4. The van der Waals surface area contributed by atoms with Gasteiger partial charge in [0.1, 0.15) is 12.4 Å². The van der Waals surface area contributed by atoms with E-state index in [1.54, 1.807) is 0 Å². The first-order valence-corrected chi connectivity index (χ1v) is 9.48. The van der Waals surface area contributed by atoms with Crippen molar-refractivity contribution in [2.45, 2.75) is 44.7 Å². The number of hydrogen-bond acceptors (Lipinski definition) is 6. The molecule has 1 aromatic heterocycles. The summed E-state index contributed by atoms with van der Waals surface area (Å²) in [7, 11) is 0. The zero-order valence-corrected chi connectivity index (χ0v) is 15.3. The van der Waals surface area contributed by atoms with E-state index in [-0.39, 0.29) is 35.9 Å². The molecule has 2 fully saturated rings. The van der Waals surface area contributed by atoms with Gasteiger partial charge in [-0.1, -0.05) is 0 Å². The van der Waals surface area contributed by atoms with E-state index < -0.39 is 4.92 Å². The molecule has 0 aliphatic carbocycles. The van der Waals surface area contributed by atoms with Gasteiger partial charge in [-0.15, -0.1) is 0 Å². The van der Waals surface area contributed by atoms with Crippen LogP contribution in [0.1, 0.15) is 32.1 Å². The standard InChI is InChI=1S/C17H26N6O4/c24-16(5-8-22-12-14(10-20-22)23(26)27)21-7-2-3-13(11-21)9-19-17(25)15-4-1-6-18-15/h10,12-13,15,18H,1-9,11H2,(H,19,25). The van der Waals surface area contributed by atoms with Gasteiger partial charge in [-0.25, -0.2) is 0 Å². The van der Waals surface area contributed by atoms with Crippen molar-refractivity contribution in [3.8, 4) is 0 Å². The van der Waals surface area contributed by atoms with E-state index in [0.717, 1.165) is 32.2 Å². The van der Waals surface area contributed by atoms with E-state index in [9.17, 15) is 19.7 Å². The molecule has 2 saturated heterocycles. The van der Waals surface area contributed by atoms with Crippen molar-refractivity contribution in [2.75, 3.05) is 26.2 Å². The fourth-order valence-electron chi connectivity index (χ4n) is 3.67. The number of hydrogen-bond donors (Lipinski definition) is 2. The molecular weight excluding hydrogens is 352 g/mol. The maximum absolute atomic E-state index is 12.5. The average molecular weight is 378 g/mol. The Morgan fingerprint density at radius 2 is 2.22 bits per heavy atom. The highest BCUT2D eigenvalue weighted by Crippen LogP contribution is 2.17. The van der Waals surface area contributed by atoms with E-state index >= 15 is 0 Å². The number of aryl methyl sites for hydroxylation is 1. The molecule has 2 aliphatic rings. The molecule has 148 valence electrons. The molecule has 2 unspecified atom stereocenters. The Morgan fingerprint density at radius 3 is 2.93 bits per heavy atom. The Balaban J connectivity index is 1.41. The number of amides is 2. The van der Waals surface area contributed by atoms with Crippen molar-refractivity contribution in [1.82, 2.24) is 25.3 Å². The van der Waals surface area contributed by atoms with Gasteiger partial charge in [-0.2, -0.15) is 5.10 Å². The highest BCUT2D eigenvalue weighted by atomic mass is 16.6. The number of aromatic nitrogens is 2. The summed E-state index contributed by atoms with van der Waals surface area (Å²) < 4.78 is 1.42. The summed E-state index contributed by atoms with van der Waals surface area (Å²) in [6.45, 7) is 3.15. The minimum absolute atomic E-state index is 0.0154. The van der Waals surface area contributed by atoms with Crippen LogP contribution >= 0.6 is 0 Å². The van der Waals surface area contributed by atoms with Crippen molar-refractivity contribution in [1.29, 1.82) is 0 Å². The Labute approximate surface area is 157 Å². The van der Waals surface area contributed by atoms with E-state index in [2.05, 4.69) is 15.7 Å². The Hall–Kier alpha value is -2.49. The summed E-state index contributed by atoms with van der Waals surface area (Å²) in [6.07, 6.45) is 6.59. The van der Waals surface area contributed by atoms with Crippen molar-refractivity contribution < 1.29 is 14.5 Å².